The van der Waals surface area contributed by atoms with Crippen LogP contribution in [0.5, 0.6) is 0 Å². The highest BCUT2D eigenvalue weighted by Gasteiger charge is 2.19. The number of allylic oxidation sites excluding steroid dienone is 6. The maximum absolute atomic E-state index is 12.7. The van der Waals surface area contributed by atoms with Crippen LogP contribution in [0.1, 0.15) is 239 Å². The van der Waals surface area contributed by atoms with E-state index in [0.717, 1.165) is 64.2 Å². The van der Waals surface area contributed by atoms with Crippen LogP contribution in [0.3, 0.4) is 0 Å². The fraction of sp³-hybridized carbons (Fsp3) is 0.816. The number of carbonyl (C=O) groups is 3. The lowest BCUT2D eigenvalue weighted by Gasteiger charge is -2.18. The third-order valence-electron chi connectivity index (χ3n) is 10.1. The third-order valence-corrected chi connectivity index (χ3v) is 10.1. The second-order valence-corrected chi connectivity index (χ2v) is 15.7. The van der Waals surface area contributed by atoms with Crippen molar-refractivity contribution in [2.24, 2.45) is 0 Å². The van der Waals surface area contributed by atoms with Crippen molar-refractivity contribution in [1.29, 1.82) is 0 Å². The summed E-state index contributed by atoms with van der Waals surface area (Å²) in [6.45, 7) is 6.54. The van der Waals surface area contributed by atoms with Crippen LogP contribution in [0.15, 0.2) is 36.5 Å². The molecule has 0 aliphatic carbocycles. The first-order valence-corrected chi connectivity index (χ1v) is 23.5. The summed E-state index contributed by atoms with van der Waals surface area (Å²) in [5.74, 6) is -0.968. The number of hydrogen-bond acceptors (Lipinski definition) is 6. The molecular weight excluding hydrogens is 685 g/mol. The van der Waals surface area contributed by atoms with Crippen molar-refractivity contribution in [3.8, 4) is 0 Å². The van der Waals surface area contributed by atoms with Gasteiger partial charge in [0.25, 0.3) is 0 Å². The standard InChI is InChI=1S/C49H88O6/c1-4-7-10-13-16-19-22-25-28-30-33-36-39-42-48(51)54-45-46(55-49(52)43-40-37-34-31-27-24-21-18-15-12-9-6-3)44-53-47(50)41-38-35-32-29-26-23-20-17-14-11-8-5-2/h18,21,25,28,33,36,46H,4-17,19-20,22-24,26-27,29-32,34-35,37-45H2,1-3H3/b21-18-,28-25-,36-33-. The molecule has 0 amide bonds. The van der Waals surface area contributed by atoms with Gasteiger partial charge < -0.3 is 14.2 Å². The molecule has 55 heavy (non-hydrogen) atoms. The maximum atomic E-state index is 12.7. The van der Waals surface area contributed by atoms with E-state index in [-0.39, 0.29) is 37.5 Å². The van der Waals surface area contributed by atoms with Crippen molar-refractivity contribution >= 4 is 17.9 Å². The highest BCUT2D eigenvalue weighted by Crippen LogP contribution is 2.14. The molecule has 0 spiro atoms. The molecule has 0 aliphatic heterocycles. The first kappa shape index (κ1) is 52.6. The van der Waals surface area contributed by atoms with Gasteiger partial charge in [0.2, 0.25) is 0 Å². The lowest BCUT2D eigenvalue weighted by atomic mass is 10.0. The van der Waals surface area contributed by atoms with Crippen LogP contribution in [0, 0.1) is 0 Å². The third kappa shape index (κ3) is 42.6. The first-order chi connectivity index (χ1) is 27.0. The Kier molecular flexibility index (Phi) is 42.4. The van der Waals surface area contributed by atoms with Crippen LogP contribution in [0.25, 0.3) is 0 Å². The molecule has 0 rings (SSSR count). The Morgan fingerprint density at radius 1 is 0.364 bits per heavy atom. The fourth-order valence-electron chi connectivity index (χ4n) is 6.55. The molecule has 0 N–H and O–H groups in total. The Bertz CT molecular complexity index is 938. The monoisotopic (exact) mass is 773 g/mol. The van der Waals surface area contributed by atoms with Crippen molar-refractivity contribution in [1.82, 2.24) is 0 Å². The summed E-state index contributed by atoms with van der Waals surface area (Å²) in [7, 11) is 0. The Morgan fingerprint density at radius 2 is 0.691 bits per heavy atom. The van der Waals surface area contributed by atoms with E-state index in [1.165, 1.54) is 128 Å². The average molecular weight is 773 g/mol. The van der Waals surface area contributed by atoms with E-state index in [1.807, 2.05) is 6.08 Å². The van der Waals surface area contributed by atoms with E-state index < -0.39 is 6.10 Å². The molecule has 6 heteroatoms. The van der Waals surface area contributed by atoms with Crippen LogP contribution in [0.2, 0.25) is 0 Å². The number of carbonyl (C=O) groups excluding carboxylic acids is 3. The molecule has 0 aromatic rings. The van der Waals surface area contributed by atoms with Gasteiger partial charge in [-0.15, -0.1) is 0 Å². The van der Waals surface area contributed by atoms with Crippen molar-refractivity contribution in [2.75, 3.05) is 13.2 Å². The molecule has 320 valence electrons. The van der Waals surface area contributed by atoms with Gasteiger partial charge in [-0.1, -0.05) is 192 Å². The van der Waals surface area contributed by atoms with Crippen LogP contribution < -0.4 is 0 Å². The second kappa shape index (κ2) is 44.3. The molecule has 0 radical (unpaired) electrons. The molecule has 0 heterocycles. The zero-order chi connectivity index (χ0) is 40.1. The van der Waals surface area contributed by atoms with Gasteiger partial charge in [-0.2, -0.15) is 0 Å². The number of rotatable bonds is 42. The Hall–Kier alpha value is -2.37. The number of esters is 3. The molecule has 0 saturated heterocycles. The van der Waals surface area contributed by atoms with Crippen LogP contribution >= 0.6 is 0 Å². The zero-order valence-electron chi connectivity index (χ0n) is 36.4. The summed E-state index contributed by atoms with van der Waals surface area (Å²) in [4.78, 5) is 37.7. The van der Waals surface area contributed by atoms with Crippen LogP contribution in [0.4, 0.5) is 0 Å². The lowest BCUT2D eigenvalue weighted by Crippen LogP contribution is -2.30. The first-order valence-electron chi connectivity index (χ1n) is 23.5. The maximum Gasteiger partial charge on any atom is 0.306 e. The Balaban J connectivity index is 4.44. The second-order valence-electron chi connectivity index (χ2n) is 15.7. The summed E-state index contributed by atoms with van der Waals surface area (Å²) >= 11 is 0. The van der Waals surface area contributed by atoms with Gasteiger partial charge in [0.15, 0.2) is 6.10 Å². The summed E-state index contributed by atoms with van der Waals surface area (Å²) in [5.41, 5.74) is 0. The summed E-state index contributed by atoms with van der Waals surface area (Å²) < 4.78 is 16.7. The van der Waals surface area contributed by atoms with E-state index >= 15 is 0 Å². The SMILES string of the molecule is CCCCC/C=C\CCCCCCCC(=O)OC(COC(=O)CC/C=C\C/C=C\CCCCCCCC)COC(=O)CCCCCCCCCCCCCC. The van der Waals surface area contributed by atoms with Gasteiger partial charge in [-0.3, -0.25) is 14.4 Å². The van der Waals surface area contributed by atoms with E-state index in [9.17, 15) is 14.4 Å². The lowest BCUT2D eigenvalue weighted by molar-refractivity contribution is -0.166. The predicted octanol–water partition coefficient (Wildman–Crippen LogP) is 15.0. The summed E-state index contributed by atoms with van der Waals surface area (Å²) in [6.07, 6.45) is 49.9. The van der Waals surface area contributed by atoms with E-state index in [0.29, 0.717) is 19.3 Å². The molecule has 1 unspecified atom stereocenters. The van der Waals surface area contributed by atoms with E-state index in [1.54, 1.807) is 0 Å². The zero-order valence-corrected chi connectivity index (χ0v) is 36.4. The molecule has 1 atom stereocenters. The van der Waals surface area contributed by atoms with E-state index in [4.69, 9.17) is 14.2 Å². The van der Waals surface area contributed by atoms with Crippen molar-refractivity contribution in [3.63, 3.8) is 0 Å². The molecule has 0 aliphatic rings. The fourth-order valence-corrected chi connectivity index (χ4v) is 6.55. The summed E-state index contributed by atoms with van der Waals surface area (Å²) in [6, 6.07) is 0. The van der Waals surface area contributed by atoms with Gasteiger partial charge in [0.1, 0.15) is 13.2 Å². The highest BCUT2D eigenvalue weighted by molar-refractivity contribution is 5.71. The minimum Gasteiger partial charge on any atom is -0.462 e. The minimum atomic E-state index is -0.793. The number of hydrogen-bond donors (Lipinski definition) is 0. The predicted molar refractivity (Wildman–Crippen MR) is 233 cm³/mol. The molecule has 0 bridgehead atoms. The highest BCUT2D eigenvalue weighted by atomic mass is 16.6. The Labute approximate surface area is 340 Å². The topological polar surface area (TPSA) is 78.9 Å². The van der Waals surface area contributed by atoms with Gasteiger partial charge in [0, 0.05) is 19.3 Å². The largest absolute Gasteiger partial charge is 0.462 e. The van der Waals surface area contributed by atoms with Gasteiger partial charge in [0.05, 0.1) is 0 Å². The van der Waals surface area contributed by atoms with Crippen molar-refractivity contribution in [3.05, 3.63) is 36.5 Å². The quantitative estimate of drug-likeness (QED) is 0.0266. The smallest absolute Gasteiger partial charge is 0.306 e. The molecule has 0 fully saturated rings. The molecule has 0 saturated carbocycles. The molecular formula is C49H88O6. The number of unbranched alkanes of at least 4 members (excludes halogenated alkanes) is 25. The van der Waals surface area contributed by atoms with Gasteiger partial charge in [-0.25, -0.2) is 0 Å². The summed E-state index contributed by atoms with van der Waals surface area (Å²) in [5, 5.41) is 0. The molecule has 0 aromatic heterocycles. The van der Waals surface area contributed by atoms with Crippen molar-refractivity contribution in [2.45, 2.75) is 245 Å². The van der Waals surface area contributed by atoms with Crippen molar-refractivity contribution < 1.29 is 28.6 Å². The van der Waals surface area contributed by atoms with E-state index in [2.05, 4.69) is 51.2 Å². The van der Waals surface area contributed by atoms with Gasteiger partial charge >= 0.3 is 17.9 Å². The number of ether oxygens (including phenoxy) is 3. The molecule has 0 aromatic carbocycles. The van der Waals surface area contributed by atoms with Crippen LogP contribution in [-0.2, 0) is 28.6 Å². The molecule has 6 nitrogen and oxygen atoms in total. The van der Waals surface area contributed by atoms with Crippen LogP contribution in [-0.4, -0.2) is 37.2 Å². The van der Waals surface area contributed by atoms with Gasteiger partial charge in [-0.05, 0) is 64.2 Å². The minimum absolute atomic E-state index is 0.0902. The normalized spacial score (nSPS) is 12.3. The average Bonchev–Trinajstić information content (AvgIpc) is 3.18. The Morgan fingerprint density at radius 3 is 1.16 bits per heavy atom.